The Morgan fingerprint density at radius 1 is 1.56 bits per heavy atom. The van der Waals surface area contributed by atoms with E-state index in [1.54, 1.807) is 17.0 Å². The molecule has 1 saturated heterocycles. The normalized spacial score (nSPS) is 19.6. The lowest BCUT2D eigenvalue weighted by Gasteiger charge is -2.16. The van der Waals surface area contributed by atoms with Crippen molar-refractivity contribution < 1.29 is 9.90 Å². The maximum Gasteiger partial charge on any atom is 0.254 e. The lowest BCUT2D eigenvalue weighted by atomic mass is 10.1. The van der Waals surface area contributed by atoms with Crippen LogP contribution in [0.1, 0.15) is 42.2 Å². The smallest absolute Gasteiger partial charge is 0.254 e. The van der Waals surface area contributed by atoms with E-state index in [-0.39, 0.29) is 11.8 Å². The molecule has 5 heteroatoms. The summed E-state index contributed by atoms with van der Waals surface area (Å²) in [5.41, 5.74) is 1.36. The monoisotopic (exact) mass is 268 g/mol. The van der Waals surface area contributed by atoms with Crippen molar-refractivity contribution in [2.75, 3.05) is 13.1 Å². The average molecular weight is 269 g/mol. The Labute approximate surface area is 112 Å². The Morgan fingerprint density at radius 2 is 2.28 bits per heavy atom. The maximum absolute atomic E-state index is 12.2. The quantitative estimate of drug-likeness (QED) is 0.836. The summed E-state index contributed by atoms with van der Waals surface area (Å²) in [4.78, 5) is 18.1. The van der Waals surface area contributed by atoms with E-state index in [1.165, 1.54) is 0 Å². The van der Waals surface area contributed by atoms with Crippen LogP contribution in [0.2, 0.25) is 5.15 Å². The van der Waals surface area contributed by atoms with Crippen molar-refractivity contribution >= 4 is 17.5 Å². The molecular formula is C13H17ClN2O2. The van der Waals surface area contributed by atoms with Gasteiger partial charge in [-0.2, -0.15) is 0 Å². The van der Waals surface area contributed by atoms with Crippen LogP contribution >= 0.6 is 11.6 Å². The van der Waals surface area contributed by atoms with Crippen LogP contribution in [0.4, 0.5) is 0 Å². The van der Waals surface area contributed by atoms with Crippen molar-refractivity contribution in [2.45, 2.75) is 32.3 Å². The molecule has 1 aliphatic heterocycles. The minimum Gasteiger partial charge on any atom is -0.391 e. The first kappa shape index (κ1) is 13.3. The fourth-order valence-electron chi connectivity index (χ4n) is 2.05. The van der Waals surface area contributed by atoms with Crippen molar-refractivity contribution in [3.63, 3.8) is 0 Å². The number of amides is 1. The number of carbonyl (C=O) groups excluding carboxylic acids is 1. The highest BCUT2D eigenvalue weighted by Gasteiger charge is 2.26. The molecule has 0 spiro atoms. The summed E-state index contributed by atoms with van der Waals surface area (Å²) in [6, 6.07) is 3.37. The van der Waals surface area contributed by atoms with Crippen molar-refractivity contribution in [2.24, 2.45) is 0 Å². The summed E-state index contributed by atoms with van der Waals surface area (Å²) in [5, 5.41) is 9.80. The molecule has 1 amide bonds. The molecule has 2 heterocycles. The van der Waals surface area contributed by atoms with E-state index in [2.05, 4.69) is 4.98 Å². The molecule has 0 saturated carbocycles. The molecule has 98 valence electrons. The SMILES string of the molecule is CC(C)c1cc(C(=O)N2CCC(O)C2)cc(Cl)n1. The molecule has 1 unspecified atom stereocenters. The van der Waals surface area contributed by atoms with Crippen LogP contribution in [0.3, 0.4) is 0 Å². The van der Waals surface area contributed by atoms with Gasteiger partial charge in [0.05, 0.1) is 6.10 Å². The van der Waals surface area contributed by atoms with Crippen LogP contribution in [0.15, 0.2) is 12.1 Å². The highest BCUT2D eigenvalue weighted by atomic mass is 35.5. The molecule has 1 N–H and O–H groups in total. The molecule has 1 aromatic rings. The van der Waals surface area contributed by atoms with Crippen LogP contribution in [-0.2, 0) is 0 Å². The topological polar surface area (TPSA) is 53.4 Å². The number of halogens is 1. The van der Waals surface area contributed by atoms with Crippen molar-refractivity contribution in [3.8, 4) is 0 Å². The summed E-state index contributed by atoms with van der Waals surface area (Å²) < 4.78 is 0. The zero-order valence-corrected chi connectivity index (χ0v) is 11.3. The second-order valence-electron chi connectivity index (χ2n) is 4.95. The van der Waals surface area contributed by atoms with Crippen LogP contribution < -0.4 is 0 Å². The van der Waals surface area contributed by atoms with Crippen LogP contribution in [0.25, 0.3) is 0 Å². The number of hydrogen-bond acceptors (Lipinski definition) is 3. The average Bonchev–Trinajstić information content (AvgIpc) is 2.74. The molecule has 2 rings (SSSR count). The highest BCUT2D eigenvalue weighted by Crippen LogP contribution is 2.20. The molecule has 18 heavy (non-hydrogen) atoms. The summed E-state index contributed by atoms with van der Waals surface area (Å²) >= 11 is 5.94. The third-order valence-corrected chi connectivity index (χ3v) is 3.30. The minimum absolute atomic E-state index is 0.0854. The van der Waals surface area contributed by atoms with Gasteiger partial charge >= 0.3 is 0 Å². The van der Waals surface area contributed by atoms with Crippen LogP contribution in [0, 0.1) is 0 Å². The third kappa shape index (κ3) is 2.82. The number of likely N-dealkylation sites (tertiary alicyclic amines) is 1. The number of β-amino-alcohol motifs (C(OH)–C–C–N with tert-alkyl or cyclic N) is 1. The summed E-state index contributed by atoms with van der Waals surface area (Å²) in [6.07, 6.45) is 0.234. The minimum atomic E-state index is -0.407. The van der Waals surface area contributed by atoms with Gasteiger partial charge in [-0.25, -0.2) is 4.98 Å². The van der Waals surface area contributed by atoms with E-state index >= 15 is 0 Å². The number of pyridine rings is 1. The van der Waals surface area contributed by atoms with Gasteiger partial charge in [-0.05, 0) is 24.5 Å². The Hall–Kier alpha value is -1.13. The van der Waals surface area contributed by atoms with Gasteiger partial charge in [-0.15, -0.1) is 0 Å². The Balaban J connectivity index is 2.24. The molecule has 1 fully saturated rings. The summed E-state index contributed by atoms with van der Waals surface area (Å²) in [5.74, 6) is 0.136. The second-order valence-corrected chi connectivity index (χ2v) is 5.34. The van der Waals surface area contributed by atoms with E-state index < -0.39 is 6.10 Å². The lowest BCUT2D eigenvalue weighted by molar-refractivity contribution is 0.0764. The molecule has 1 aliphatic rings. The van der Waals surface area contributed by atoms with E-state index in [0.717, 1.165) is 5.69 Å². The van der Waals surface area contributed by atoms with Gasteiger partial charge in [0, 0.05) is 24.3 Å². The standard InChI is InChI=1S/C13H17ClN2O2/c1-8(2)11-5-9(6-12(14)15-11)13(18)16-4-3-10(17)7-16/h5-6,8,10,17H,3-4,7H2,1-2H3. The zero-order valence-electron chi connectivity index (χ0n) is 10.6. The number of carbonyl (C=O) groups is 1. The van der Waals surface area contributed by atoms with Gasteiger partial charge in [-0.3, -0.25) is 4.79 Å². The zero-order chi connectivity index (χ0) is 13.3. The largest absolute Gasteiger partial charge is 0.391 e. The summed E-state index contributed by atoms with van der Waals surface area (Å²) in [7, 11) is 0. The first-order valence-electron chi connectivity index (χ1n) is 6.12. The van der Waals surface area contributed by atoms with Gasteiger partial charge in [0.15, 0.2) is 0 Å². The fraction of sp³-hybridized carbons (Fsp3) is 0.538. The van der Waals surface area contributed by atoms with E-state index in [4.69, 9.17) is 11.6 Å². The predicted octanol–water partition coefficient (Wildman–Crippen LogP) is 2.07. The van der Waals surface area contributed by atoms with Gasteiger partial charge in [0.1, 0.15) is 5.15 Å². The molecule has 4 nitrogen and oxygen atoms in total. The molecule has 0 aromatic carbocycles. The molecule has 0 bridgehead atoms. The van der Waals surface area contributed by atoms with Crippen molar-refractivity contribution in [1.82, 2.24) is 9.88 Å². The van der Waals surface area contributed by atoms with Gasteiger partial charge in [-0.1, -0.05) is 25.4 Å². The molecular weight excluding hydrogens is 252 g/mol. The number of rotatable bonds is 2. The number of aliphatic hydroxyl groups is 1. The first-order chi connectivity index (χ1) is 8.47. The van der Waals surface area contributed by atoms with Gasteiger partial charge in [0.25, 0.3) is 5.91 Å². The van der Waals surface area contributed by atoms with Gasteiger partial charge in [0.2, 0.25) is 0 Å². The molecule has 1 atom stereocenters. The van der Waals surface area contributed by atoms with Crippen molar-refractivity contribution in [3.05, 3.63) is 28.5 Å². The Kier molecular flexibility index (Phi) is 3.88. The summed E-state index contributed by atoms with van der Waals surface area (Å²) in [6.45, 7) is 5.01. The van der Waals surface area contributed by atoms with Crippen LogP contribution in [-0.4, -0.2) is 40.1 Å². The first-order valence-corrected chi connectivity index (χ1v) is 6.50. The predicted molar refractivity (Wildman–Crippen MR) is 69.9 cm³/mol. The van der Waals surface area contributed by atoms with E-state index in [0.29, 0.717) is 30.2 Å². The highest BCUT2D eigenvalue weighted by molar-refractivity contribution is 6.29. The number of aliphatic hydroxyl groups excluding tert-OH is 1. The van der Waals surface area contributed by atoms with E-state index in [9.17, 15) is 9.90 Å². The van der Waals surface area contributed by atoms with E-state index in [1.807, 2.05) is 13.8 Å². The molecule has 0 aliphatic carbocycles. The van der Waals surface area contributed by atoms with Gasteiger partial charge < -0.3 is 10.0 Å². The second kappa shape index (κ2) is 5.24. The lowest BCUT2D eigenvalue weighted by Crippen LogP contribution is -2.29. The Bertz CT molecular complexity index is 462. The molecule has 0 radical (unpaired) electrons. The van der Waals surface area contributed by atoms with Crippen LogP contribution in [0.5, 0.6) is 0 Å². The number of hydrogen-bond donors (Lipinski definition) is 1. The number of aromatic nitrogens is 1. The maximum atomic E-state index is 12.2. The Morgan fingerprint density at radius 3 is 2.83 bits per heavy atom. The third-order valence-electron chi connectivity index (χ3n) is 3.10. The molecule has 1 aromatic heterocycles. The number of nitrogens with zero attached hydrogens (tertiary/aromatic N) is 2. The fourth-order valence-corrected chi connectivity index (χ4v) is 2.26. The van der Waals surface area contributed by atoms with Crippen molar-refractivity contribution in [1.29, 1.82) is 0 Å².